The highest BCUT2D eigenvalue weighted by atomic mass is 16.2. The number of piperidine rings is 2. The molecule has 0 bridgehead atoms. The number of nitrogens with zero attached hydrogens (tertiary/aromatic N) is 12. The van der Waals surface area contributed by atoms with E-state index in [0.717, 1.165) is 70.9 Å². The van der Waals surface area contributed by atoms with Crippen molar-refractivity contribution in [1.29, 1.82) is 10.5 Å². The summed E-state index contributed by atoms with van der Waals surface area (Å²) in [6.45, 7) is 9.49. The third-order valence-electron chi connectivity index (χ3n) is 12.0. The van der Waals surface area contributed by atoms with Gasteiger partial charge in [-0.25, -0.2) is 29.5 Å². The summed E-state index contributed by atoms with van der Waals surface area (Å²) in [5.41, 5.74) is 5.62. The summed E-state index contributed by atoms with van der Waals surface area (Å²) >= 11 is 0. The van der Waals surface area contributed by atoms with E-state index in [1.807, 2.05) is 59.1 Å². The fourth-order valence-corrected chi connectivity index (χ4v) is 8.52. The number of fused-ring (bicyclic) bond motifs is 6. The van der Waals surface area contributed by atoms with Gasteiger partial charge in [-0.1, -0.05) is 13.8 Å². The van der Waals surface area contributed by atoms with Gasteiger partial charge in [0, 0.05) is 76.6 Å². The molecule has 0 aliphatic carbocycles. The van der Waals surface area contributed by atoms with Crippen molar-refractivity contribution in [3.63, 3.8) is 0 Å². The molecule has 6 aromatic rings. The van der Waals surface area contributed by atoms with E-state index in [1.165, 1.54) is 0 Å². The molecule has 276 valence electrons. The zero-order chi connectivity index (χ0) is 37.1. The van der Waals surface area contributed by atoms with E-state index in [-0.39, 0.29) is 35.7 Å². The molecule has 4 aliphatic rings. The van der Waals surface area contributed by atoms with Crippen LogP contribution >= 0.6 is 0 Å². The summed E-state index contributed by atoms with van der Waals surface area (Å²) in [5.74, 6) is 3.15. The molecule has 0 radical (unpaired) electrons. The van der Waals surface area contributed by atoms with Gasteiger partial charge in [0.25, 0.3) is 0 Å². The molecule has 0 spiro atoms. The second-order valence-corrected chi connectivity index (χ2v) is 15.4. The molecule has 0 aromatic carbocycles. The number of rotatable bonds is 2. The fourth-order valence-electron chi connectivity index (χ4n) is 8.52. The number of likely N-dealkylation sites (tertiary alicyclic amines) is 4. The van der Waals surface area contributed by atoms with Crippen LogP contribution < -0.4 is 0 Å². The summed E-state index contributed by atoms with van der Waals surface area (Å²) in [4.78, 5) is 57.6. The van der Waals surface area contributed by atoms with E-state index >= 15 is 0 Å². The van der Waals surface area contributed by atoms with E-state index in [0.29, 0.717) is 51.1 Å². The van der Waals surface area contributed by atoms with Crippen molar-refractivity contribution in [3.8, 4) is 12.1 Å². The predicted molar refractivity (Wildman–Crippen MR) is 198 cm³/mol. The van der Waals surface area contributed by atoms with E-state index in [9.17, 15) is 9.59 Å². The highest BCUT2D eigenvalue weighted by Crippen LogP contribution is 2.35. The Morgan fingerprint density at radius 2 is 1.04 bits per heavy atom. The number of imidazole rings is 2. The molecule has 6 aromatic heterocycles. The molecular formula is C38H42N14O2. The third kappa shape index (κ3) is 5.64. The minimum Gasteiger partial charge on any atom is -0.345 e. The lowest BCUT2D eigenvalue weighted by atomic mass is 9.86. The van der Waals surface area contributed by atoms with Crippen LogP contribution in [0.3, 0.4) is 0 Å². The fraction of sp³-hybridized carbons (Fsp3) is 0.474. The van der Waals surface area contributed by atoms with Crippen molar-refractivity contribution in [3.05, 3.63) is 61.0 Å². The van der Waals surface area contributed by atoms with Crippen LogP contribution in [0.15, 0.2) is 49.3 Å². The first kappa shape index (κ1) is 33.7. The lowest BCUT2D eigenvalue weighted by Gasteiger charge is -2.43. The van der Waals surface area contributed by atoms with Gasteiger partial charge >= 0.3 is 12.1 Å². The van der Waals surface area contributed by atoms with Crippen LogP contribution in [0.4, 0.5) is 9.59 Å². The SMILES string of the molecule is C[C@@H]1CCN(C(=O)N2CC(C#N)C2)C[C@@H]1c1ncc2cnc3[nH]ccc3n12.C[C@H]1CCN(C(=O)N2CC(C#N)C2)C[C@H]1c1ncc2cnc3[nH]ccc3n12. The Morgan fingerprint density at radius 1 is 0.630 bits per heavy atom. The highest BCUT2D eigenvalue weighted by molar-refractivity contribution is 5.78. The second-order valence-electron chi connectivity index (χ2n) is 15.4. The van der Waals surface area contributed by atoms with E-state index in [2.05, 4.69) is 54.7 Å². The molecule has 4 atom stereocenters. The van der Waals surface area contributed by atoms with Crippen molar-refractivity contribution >= 4 is 45.4 Å². The summed E-state index contributed by atoms with van der Waals surface area (Å²) in [7, 11) is 0. The molecule has 54 heavy (non-hydrogen) atoms. The van der Waals surface area contributed by atoms with Crippen molar-refractivity contribution < 1.29 is 9.59 Å². The quantitative estimate of drug-likeness (QED) is 0.262. The number of carbonyl (C=O) groups excluding carboxylic acids is 2. The summed E-state index contributed by atoms with van der Waals surface area (Å²) < 4.78 is 4.31. The van der Waals surface area contributed by atoms with Crippen LogP contribution in [0.1, 0.15) is 50.2 Å². The van der Waals surface area contributed by atoms with Gasteiger partial charge in [0.15, 0.2) is 11.3 Å². The van der Waals surface area contributed by atoms with Crippen LogP contribution in [0.2, 0.25) is 0 Å². The average Bonchev–Trinajstić information content (AvgIpc) is 3.96. The Labute approximate surface area is 311 Å². The predicted octanol–water partition coefficient (Wildman–Crippen LogP) is 4.42. The number of nitrogens with one attached hydrogen (secondary N) is 2. The van der Waals surface area contributed by atoms with Gasteiger partial charge in [-0.15, -0.1) is 0 Å². The molecule has 10 rings (SSSR count). The molecule has 4 fully saturated rings. The number of H-pyrrole nitrogens is 2. The molecule has 16 heteroatoms. The number of aromatic nitrogens is 8. The Morgan fingerprint density at radius 3 is 1.44 bits per heavy atom. The maximum Gasteiger partial charge on any atom is 0.320 e. The molecule has 16 nitrogen and oxygen atoms in total. The van der Waals surface area contributed by atoms with Crippen molar-refractivity contribution in [2.45, 2.75) is 38.5 Å². The summed E-state index contributed by atoms with van der Waals surface area (Å²) in [6.07, 6.45) is 13.0. The van der Waals surface area contributed by atoms with E-state index in [4.69, 9.17) is 20.5 Å². The number of hydrogen-bond acceptors (Lipinski definition) is 8. The highest BCUT2D eigenvalue weighted by Gasteiger charge is 2.40. The molecule has 2 N–H and O–H groups in total. The van der Waals surface area contributed by atoms with E-state index in [1.54, 1.807) is 9.80 Å². The molecule has 4 saturated heterocycles. The lowest BCUT2D eigenvalue weighted by molar-refractivity contribution is 0.0897. The minimum absolute atomic E-state index is 0.0147. The topological polar surface area (TPSA) is 187 Å². The van der Waals surface area contributed by atoms with Gasteiger partial charge in [-0.3, -0.25) is 8.80 Å². The van der Waals surface area contributed by atoms with Gasteiger partial charge in [-0.2, -0.15) is 10.5 Å². The first-order valence-electron chi connectivity index (χ1n) is 18.8. The van der Waals surface area contributed by atoms with Gasteiger partial charge in [-0.05, 0) is 36.8 Å². The first-order chi connectivity index (χ1) is 26.3. The number of hydrogen-bond donors (Lipinski definition) is 2. The largest absolute Gasteiger partial charge is 0.345 e. The summed E-state index contributed by atoms with van der Waals surface area (Å²) in [6, 6.07) is 8.58. The number of urea groups is 2. The van der Waals surface area contributed by atoms with Gasteiger partial charge in [0.2, 0.25) is 0 Å². The minimum atomic E-state index is -0.0147. The van der Waals surface area contributed by atoms with E-state index < -0.39 is 0 Å². The monoisotopic (exact) mass is 726 g/mol. The van der Waals surface area contributed by atoms with Crippen LogP contribution in [-0.2, 0) is 0 Å². The van der Waals surface area contributed by atoms with Gasteiger partial charge < -0.3 is 29.6 Å². The zero-order valence-electron chi connectivity index (χ0n) is 30.3. The van der Waals surface area contributed by atoms with Crippen LogP contribution in [0, 0.1) is 46.3 Å². The number of nitriles is 2. The number of amides is 4. The van der Waals surface area contributed by atoms with Crippen molar-refractivity contribution in [2.75, 3.05) is 52.4 Å². The van der Waals surface area contributed by atoms with Gasteiger partial charge in [0.05, 0.1) is 70.8 Å². The number of aromatic amines is 2. The Balaban J connectivity index is 0.000000142. The molecule has 4 aliphatic heterocycles. The first-order valence-corrected chi connectivity index (χ1v) is 18.8. The molecule has 0 saturated carbocycles. The van der Waals surface area contributed by atoms with Gasteiger partial charge in [0.1, 0.15) is 11.6 Å². The van der Waals surface area contributed by atoms with Crippen molar-refractivity contribution in [2.24, 2.45) is 23.7 Å². The average molecular weight is 727 g/mol. The lowest BCUT2D eigenvalue weighted by Crippen LogP contribution is -2.56. The molecule has 10 heterocycles. The normalized spacial score (nSPS) is 23.6. The molecule has 0 unspecified atom stereocenters. The molecule has 4 amide bonds. The second kappa shape index (κ2) is 13.4. The van der Waals surface area contributed by atoms with Crippen LogP contribution in [-0.4, -0.2) is 123 Å². The van der Waals surface area contributed by atoms with Crippen LogP contribution in [0.25, 0.3) is 33.4 Å². The maximum absolute atomic E-state index is 12.8. The smallest absolute Gasteiger partial charge is 0.320 e. The Bertz CT molecular complexity index is 2280. The standard InChI is InChI=1S/2C19H21N7O/c2*1-12-3-5-24(19(27)25-9-13(6-20)10-25)11-15(12)18-23-8-14-7-22-17-16(26(14)18)2-4-21-17/h2*2,4,7-8,12-13,15,21H,3,5,9-11H2,1H3/t2*12-,15+/m10/s1. The maximum atomic E-state index is 12.8. The Hall–Kier alpha value is -6.16. The Kier molecular flexibility index (Phi) is 8.33. The van der Waals surface area contributed by atoms with Crippen LogP contribution in [0.5, 0.6) is 0 Å². The third-order valence-corrected chi connectivity index (χ3v) is 12.0. The number of carbonyl (C=O) groups is 2. The zero-order valence-corrected chi connectivity index (χ0v) is 30.3. The van der Waals surface area contributed by atoms with Crippen molar-refractivity contribution in [1.82, 2.24) is 58.3 Å². The summed E-state index contributed by atoms with van der Waals surface area (Å²) in [5, 5.41) is 17.9. The molecular weight excluding hydrogens is 685 g/mol.